The summed E-state index contributed by atoms with van der Waals surface area (Å²) in [6, 6.07) is 17.7. The van der Waals surface area contributed by atoms with Crippen molar-refractivity contribution in [2.45, 2.75) is 40.2 Å². The minimum Gasteiger partial charge on any atom is -0.372 e. The van der Waals surface area contributed by atoms with Crippen LogP contribution in [-0.4, -0.2) is 37.9 Å². The summed E-state index contributed by atoms with van der Waals surface area (Å²) in [4.78, 5) is 4.71. The largest absolute Gasteiger partial charge is 0.372 e. The molecule has 0 radical (unpaired) electrons. The van der Waals surface area contributed by atoms with Crippen LogP contribution in [0.5, 0.6) is 0 Å². The van der Waals surface area contributed by atoms with Crippen LogP contribution in [0.2, 0.25) is 0 Å². The highest BCUT2D eigenvalue weighted by Gasteiger charge is 2.13. The number of rotatable bonds is 10. The third-order valence-corrected chi connectivity index (χ3v) is 5.84. The van der Waals surface area contributed by atoms with E-state index in [1.165, 1.54) is 22.5 Å². The first-order valence-electron chi connectivity index (χ1n) is 11.5. The molecule has 0 saturated heterocycles. The minimum atomic E-state index is 0.243. The van der Waals surface area contributed by atoms with Crippen molar-refractivity contribution in [3.8, 4) is 0 Å². The van der Waals surface area contributed by atoms with Crippen molar-refractivity contribution >= 4 is 29.2 Å². The molecule has 0 aliphatic carbocycles. The number of hydrogen-bond acceptors (Lipinski definition) is 4. The van der Waals surface area contributed by atoms with Crippen molar-refractivity contribution in [2.24, 2.45) is 5.10 Å². The monoisotopic (exact) mass is 416 g/mol. The number of hydrazone groups is 1. The number of benzene rings is 2. The van der Waals surface area contributed by atoms with Gasteiger partial charge in [0.1, 0.15) is 0 Å². The lowest BCUT2D eigenvalue weighted by Gasteiger charge is -2.20. The first-order chi connectivity index (χ1) is 15.2. The molecule has 4 heteroatoms. The first kappa shape index (κ1) is 22.7. The van der Waals surface area contributed by atoms with Crippen molar-refractivity contribution in [2.75, 3.05) is 36.0 Å². The van der Waals surface area contributed by atoms with E-state index in [4.69, 9.17) is 0 Å². The van der Waals surface area contributed by atoms with E-state index in [-0.39, 0.29) is 6.04 Å². The first-order valence-corrected chi connectivity index (χ1v) is 11.5. The fourth-order valence-corrected chi connectivity index (χ4v) is 3.89. The molecule has 0 fully saturated rings. The Bertz CT molecular complexity index is 886. The van der Waals surface area contributed by atoms with Gasteiger partial charge in [0.05, 0.1) is 11.8 Å². The standard InChI is InChI=1S/C27H36N4/c1-5-30(6-2)26-17-11-22(12-18-26)9-15-24-21-25(29-28-24)16-10-23-13-19-27(20-14-23)31(7-3)8-4/h9-20,24,28H,5-8,21H2,1-4H3. The fraction of sp³-hybridized carbons (Fsp3) is 0.370. The predicted octanol–water partition coefficient (Wildman–Crippen LogP) is 5.82. The fourth-order valence-electron chi connectivity index (χ4n) is 3.89. The van der Waals surface area contributed by atoms with Crippen LogP contribution >= 0.6 is 0 Å². The van der Waals surface area contributed by atoms with Crippen molar-refractivity contribution in [1.29, 1.82) is 0 Å². The molecule has 1 aliphatic heterocycles. The smallest absolute Gasteiger partial charge is 0.0679 e. The van der Waals surface area contributed by atoms with Gasteiger partial charge >= 0.3 is 0 Å². The van der Waals surface area contributed by atoms with Gasteiger partial charge in [-0.05, 0) is 69.2 Å². The van der Waals surface area contributed by atoms with Gasteiger partial charge in [0.2, 0.25) is 0 Å². The Morgan fingerprint density at radius 2 is 1.23 bits per heavy atom. The van der Waals surface area contributed by atoms with E-state index in [9.17, 15) is 0 Å². The summed E-state index contributed by atoms with van der Waals surface area (Å²) in [5.74, 6) is 0. The summed E-state index contributed by atoms with van der Waals surface area (Å²) < 4.78 is 0. The van der Waals surface area contributed by atoms with Gasteiger partial charge in [0.25, 0.3) is 0 Å². The normalized spacial score (nSPS) is 16.0. The molecule has 0 amide bonds. The molecule has 1 atom stereocenters. The summed E-state index contributed by atoms with van der Waals surface area (Å²) in [5.41, 5.74) is 9.29. The number of hydrogen-bond donors (Lipinski definition) is 1. The van der Waals surface area contributed by atoms with Crippen LogP contribution in [0.3, 0.4) is 0 Å². The zero-order valence-corrected chi connectivity index (χ0v) is 19.4. The van der Waals surface area contributed by atoms with Crippen LogP contribution < -0.4 is 15.2 Å². The molecule has 1 unspecified atom stereocenters. The minimum absolute atomic E-state index is 0.243. The summed E-state index contributed by atoms with van der Waals surface area (Å²) in [7, 11) is 0. The van der Waals surface area contributed by atoms with Crippen LogP contribution in [0.4, 0.5) is 11.4 Å². The maximum absolute atomic E-state index is 4.49. The number of nitrogens with zero attached hydrogens (tertiary/aromatic N) is 3. The Kier molecular flexibility index (Phi) is 8.34. The van der Waals surface area contributed by atoms with E-state index in [1.807, 2.05) is 0 Å². The molecular formula is C27H36N4. The molecular weight excluding hydrogens is 380 g/mol. The molecule has 0 saturated carbocycles. The highest BCUT2D eigenvalue weighted by atomic mass is 15.3. The second kappa shape index (κ2) is 11.4. The lowest BCUT2D eigenvalue weighted by molar-refractivity contribution is 0.694. The maximum atomic E-state index is 4.49. The molecule has 31 heavy (non-hydrogen) atoms. The predicted molar refractivity (Wildman–Crippen MR) is 137 cm³/mol. The second-order valence-electron chi connectivity index (χ2n) is 7.76. The Hall–Kier alpha value is -3.01. The summed E-state index contributed by atoms with van der Waals surface area (Å²) in [6.07, 6.45) is 9.55. The van der Waals surface area contributed by atoms with Crippen LogP contribution in [0.25, 0.3) is 12.2 Å². The highest BCUT2D eigenvalue weighted by molar-refractivity contribution is 5.99. The number of anilines is 2. The van der Waals surface area contributed by atoms with Crippen molar-refractivity contribution < 1.29 is 0 Å². The molecule has 2 aromatic rings. The third kappa shape index (κ3) is 6.24. The van der Waals surface area contributed by atoms with Crippen molar-refractivity contribution in [3.05, 3.63) is 71.8 Å². The molecule has 2 aromatic carbocycles. The zero-order chi connectivity index (χ0) is 22.1. The average molecular weight is 417 g/mol. The highest BCUT2D eigenvalue weighted by Crippen LogP contribution is 2.18. The third-order valence-electron chi connectivity index (χ3n) is 5.84. The van der Waals surface area contributed by atoms with Gasteiger partial charge in [-0.15, -0.1) is 0 Å². The van der Waals surface area contributed by atoms with E-state index < -0.39 is 0 Å². The molecule has 0 aromatic heterocycles. The maximum Gasteiger partial charge on any atom is 0.0679 e. The molecule has 4 nitrogen and oxygen atoms in total. The molecule has 0 bridgehead atoms. The number of nitrogens with one attached hydrogen (secondary N) is 1. The van der Waals surface area contributed by atoms with Crippen LogP contribution in [-0.2, 0) is 0 Å². The Balaban J connectivity index is 1.52. The van der Waals surface area contributed by atoms with E-state index in [0.29, 0.717) is 0 Å². The van der Waals surface area contributed by atoms with Gasteiger partial charge in [0.15, 0.2) is 0 Å². The zero-order valence-electron chi connectivity index (χ0n) is 19.4. The van der Waals surface area contributed by atoms with Gasteiger partial charge in [-0.25, -0.2) is 0 Å². The van der Waals surface area contributed by atoms with Gasteiger partial charge in [0, 0.05) is 44.0 Å². The molecule has 1 heterocycles. The quantitative estimate of drug-likeness (QED) is 0.529. The Morgan fingerprint density at radius 1 is 0.742 bits per heavy atom. The lowest BCUT2D eigenvalue weighted by Crippen LogP contribution is -2.21. The Morgan fingerprint density at radius 3 is 1.71 bits per heavy atom. The molecule has 0 spiro atoms. The average Bonchev–Trinajstić information content (AvgIpc) is 3.27. The van der Waals surface area contributed by atoms with E-state index in [2.05, 4.69) is 121 Å². The van der Waals surface area contributed by atoms with Gasteiger partial charge in [-0.3, -0.25) is 0 Å². The van der Waals surface area contributed by atoms with E-state index >= 15 is 0 Å². The molecule has 1 aliphatic rings. The summed E-state index contributed by atoms with van der Waals surface area (Å²) >= 11 is 0. The van der Waals surface area contributed by atoms with Crippen molar-refractivity contribution in [3.63, 3.8) is 0 Å². The summed E-state index contributed by atoms with van der Waals surface area (Å²) in [6.45, 7) is 12.9. The molecule has 1 N–H and O–H groups in total. The second-order valence-corrected chi connectivity index (χ2v) is 7.76. The van der Waals surface area contributed by atoms with Crippen LogP contribution in [0, 0.1) is 0 Å². The van der Waals surface area contributed by atoms with Crippen LogP contribution in [0.1, 0.15) is 45.2 Å². The number of allylic oxidation sites excluding steroid dienone is 1. The van der Waals surface area contributed by atoms with Gasteiger partial charge < -0.3 is 15.2 Å². The SMILES string of the molecule is CCN(CC)c1ccc(C=CC2=NNC(C=Cc3ccc(N(CC)CC)cc3)C2)cc1. The van der Waals surface area contributed by atoms with E-state index in [1.54, 1.807) is 0 Å². The Labute approximate surface area is 188 Å². The van der Waals surface area contributed by atoms with Gasteiger partial charge in [-0.2, -0.15) is 5.10 Å². The lowest BCUT2D eigenvalue weighted by atomic mass is 10.1. The summed E-state index contributed by atoms with van der Waals surface area (Å²) in [5, 5.41) is 4.49. The molecule has 3 rings (SSSR count). The molecule has 164 valence electrons. The van der Waals surface area contributed by atoms with Crippen LogP contribution in [0.15, 0.2) is 65.8 Å². The van der Waals surface area contributed by atoms with E-state index in [0.717, 1.165) is 38.3 Å². The van der Waals surface area contributed by atoms with Crippen molar-refractivity contribution in [1.82, 2.24) is 5.43 Å². The topological polar surface area (TPSA) is 30.9 Å². The van der Waals surface area contributed by atoms with Gasteiger partial charge in [-0.1, -0.05) is 42.5 Å².